The Balaban J connectivity index is 1.98. The molecule has 1 heterocycles. The van der Waals surface area contributed by atoms with Crippen LogP contribution in [0, 0.1) is 0 Å². The number of para-hydroxylation sites is 1. The summed E-state index contributed by atoms with van der Waals surface area (Å²) in [4.78, 5) is 13.9. The first-order chi connectivity index (χ1) is 8.31. The predicted molar refractivity (Wildman–Crippen MR) is 69.0 cm³/mol. The minimum atomic E-state index is -0.0446. The third-order valence-electron chi connectivity index (χ3n) is 2.37. The second-order valence-electron chi connectivity index (χ2n) is 3.59. The van der Waals surface area contributed by atoms with Crippen LogP contribution in [0.25, 0.3) is 10.2 Å². The van der Waals surface area contributed by atoms with Crippen molar-refractivity contribution >= 4 is 21.6 Å². The Morgan fingerprint density at radius 1 is 1.00 bits per heavy atom. The maximum absolute atomic E-state index is 11.2. The number of thiazole rings is 1. The van der Waals surface area contributed by atoms with Crippen LogP contribution < -0.4 is 9.61 Å². The minimum Gasteiger partial charge on any atom is -0.457 e. The van der Waals surface area contributed by atoms with E-state index in [0.717, 1.165) is 21.7 Å². The van der Waals surface area contributed by atoms with Crippen LogP contribution >= 0.6 is 11.3 Å². The summed E-state index contributed by atoms with van der Waals surface area (Å²) in [6.07, 6.45) is 0. The summed E-state index contributed by atoms with van der Waals surface area (Å²) in [6, 6.07) is 15.1. The third kappa shape index (κ3) is 2.07. The van der Waals surface area contributed by atoms with Crippen molar-refractivity contribution in [2.75, 3.05) is 0 Å². The van der Waals surface area contributed by atoms with Gasteiger partial charge in [0.1, 0.15) is 11.5 Å². The maximum atomic E-state index is 11.2. The molecular weight excluding hydrogens is 234 g/mol. The summed E-state index contributed by atoms with van der Waals surface area (Å²) in [6.45, 7) is 0. The minimum absolute atomic E-state index is 0.0446. The summed E-state index contributed by atoms with van der Waals surface area (Å²) >= 11 is 1.19. The molecule has 1 N–H and O–H groups in total. The van der Waals surface area contributed by atoms with Crippen molar-refractivity contribution in [1.29, 1.82) is 0 Å². The lowest BCUT2D eigenvalue weighted by Crippen LogP contribution is -1.89. The number of aromatic nitrogens is 1. The van der Waals surface area contributed by atoms with E-state index >= 15 is 0 Å². The average molecular weight is 243 g/mol. The number of fused-ring (bicyclic) bond motifs is 1. The van der Waals surface area contributed by atoms with Gasteiger partial charge in [-0.25, -0.2) is 0 Å². The van der Waals surface area contributed by atoms with Crippen LogP contribution in [0.4, 0.5) is 0 Å². The molecule has 0 saturated heterocycles. The van der Waals surface area contributed by atoms with E-state index in [1.165, 1.54) is 11.3 Å². The van der Waals surface area contributed by atoms with E-state index in [1.807, 2.05) is 48.5 Å². The van der Waals surface area contributed by atoms with E-state index < -0.39 is 0 Å². The molecule has 3 aromatic rings. The van der Waals surface area contributed by atoms with E-state index in [0.29, 0.717) is 0 Å². The van der Waals surface area contributed by atoms with Crippen LogP contribution in [0.5, 0.6) is 11.5 Å². The quantitative estimate of drug-likeness (QED) is 0.749. The molecule has 0 unspecified atom stereocenters. The van der Waals surface area contributed by atoms with Gasteiger partial charge in [0.2, 0.25) is 0 Å². The van der Waals surface area contributed by atoms with Gasteiger partial charge in [-0.2, -0.15) is 0 Å². The second-order valence-corrected chi connectivity index (χ2v) is 4.60. The Bertz CT molecular complexity index is 700. The molecule has 0 fully saturated rings. The number of nitrogens with one attached hydrogen (secondary N) is 1. The molecule has 2 aromatic carbocycles. The molecular formula is C13H9NO2S. The molecule has 0 spiro atoms. The van der Waals surface area contributed by atoms with Crippen molar-refractivity contribution in [3.63, 3.8) is 0 Å². The van der Waals surface area contributed by atoms with Gasteiger partial charge in [-0.15, -0.1) is 0 Å². The van der Waals surface area contributed by atoms with Gasteiger partial charge in [0.05, 0.1) is 10.2 Å². The van der Waals surface area contributed by atoms with Gasteiger partial charge in [0, 0.05) is 6.07 Å². The van der Waals surface area contributed by atoms with Crippen molar-refractivity contribution in [3.8, 4) is 11.5 Å². The van der Waals surface area contributed by atoms with Crippen molar-refractivity contribution < 1.29 is 4.74 Å². The lowest BCUT2D eigenvalue weighted by Gasteiger charge is -2.04. The summed E-state index contributed by atoms with van der Waals surface area (Å²) in [7, 11) is 0. The lowest BCUT2D eigenvalue weighted by molar-refractivity contribution is 0.483. The van der Waals surface area contributed by atoms with Gasteiger partial charge in [-0.1, -0.05) is 29.5 Å². The molecule has 0 aliphatic rings. The summed E-state index contributed by atoms with van der Waals surface area (Å²) < 4.78 is 6.59. The van der Waals surface area contributed by atoms with Crippen LogP contribution in [-0.2, 0) is 0 Å². The van der Waals surface area contributed by atoms with E-state index in [2.05, 4.69) is 4.98 Å². The van der Waals surface area contributed by atoms with Crippen LogP contribution in [0.2, 0.25) is 0 Å². The summed E-state index contributed by atoms with van der Waals surface area (Å²) in [5, 5.41) is 0. The SMILES string of the molecule is O=c1[nH]c2ccc(Oc3ccccc3)cc2s1. The number of H-pyrrole nitrogens is 1. The van der Waals surface area contributed by atoms with Crippen molar-refractivity contribution in [2.24, 2.45) is 0 Å². The fourth-order valence-corrected chi connectivity index (χ4v) is 2.38. The van der Waals surface area contributed by atoms with Gasteiger partial charge < -0.3 is 9.72 Å². The van der Waals surface area contributed by atoms with Gasteiger partial charge in [0.15, 0.2) is 0 Å². The first kappa shape index (κ1) is 10.1. The maximum Gasteiger partial charge on any atom is 0.305 e. The highest BCUT2D eigenvalue weighted by molar-refractivity contribution is 7.16. The average Bonchev–Trinajstić information content (AvgIpc) is 2.70. The summed E-state index contributed by atoms with van der Waals surface area (Å²) in [5.74, 6) is 1.52. The van der Waals surface area contributed by atoms with Crippen molar-refractivity contribution in [2.45, 2.75) is 0 Å². The van der Waals surface area contributed by atoms with Gasteiger partial charge in [-0.05, 0) is 24.3 Å². The molecule has 17 heavy (non-hydrogen) atoms. The highest BCUT2D eigenvalue weighted by Crippen LogP contribution is 2.25. The van der Waals surface area contributed by atoms with Gasteiger partial charge in [-0.3, -0.25) is 4.79 Å². The smallest absolute Gasteiger partial charge is 0.305 e. The topological polar surface area (TPSA) is 42.1 Å². The number of aromatic amines is 1. The van der Waals surface area contributed by atoms with Gasteiger partial charge in [0.25, 0.3) is 0 Å². The van der Waals surface area contributed by atoms with Crippen molar-refractivity contribution in [1.82, 2.24) is 4.98 Å². The number of rotatable bonds is 2. The van der Waals surface area contributed by atoms with Crippen LogP contribution in [-0.4, -0.2) is 4.98 Å². The molecule has 84 valence electrons. The predicted octanol–water partition coefficient (Wildman–Crippen LogP) is 3.38. The highest BCUT2D eigenvalue weighted by Gasteiger charge is 2.02. The van der Waals surface area contributed by atoms with Crippen LogP contribution in [0.1, 0.15) is 0 Å². The normalized spacial score (nSPS) is 10.6. The molecule has 4 heteroatoms. The van der Waals surface area contributed by atoms with Crippen LogP contribution in [0.3, 0.4) is 0 Å². The highest BCUT2D eigenvalue weighted by atomic mass is 32.1. The summed E-state index contributed by atoms with van der Waals surface area (Å²) in [5.41, 5.74) is 0.848. The fourth-order valence-electron chi connectivity index (χ4n) is 1.61. The Labute approximate surface area is 101 Å². The zero-order valence-corrected chi connectivity index (χ0v) is 9.66. The molecule has 0 aliphatic heterocycles. The number of hydrogen-bond acceptors (Lipinski definition) is 3. The molecule has 0 saturated carbocycles. The zero-order valence-electron chi connectivity index (χ0n) is 8.84. The molecule has 0 atom stereocenters. The first-order valence-corrected chi connectivity index (χ1v) is 5.99. The Morgan fingerprint density at radius 3 is 2.65 bits per heavy atom. The Morgan fingerprint density at radius 2 is 1.82 bits per heavy atom. The second kappa shape index (κ2) is 4.07. The Kier molecular flexibility index (Phi) is 2.42. The fraction of sp³-hybridized carbons (Fsp3) is 0. The number of benzene rings is 2. The monoisotopic (exact) mass is 243 g/mol. The molecule has 0 bridgehead atoms. The van der Waals surface area contributed by atoms with E-state index in [4.69, 9.17) is 4.74 Å². The van der Waals surface area contributed by atoms with Gasteiger partial charge >= 0.3 is 4.87 Å². The number of hydrogen-bond donors (Lipinski definition) is 1. The molecule has 0 amide bonds. The first-order valence-electron chi connectivity index (χ1n) is 5.17. The largest absolute Gasteiger partial charge is 0.457 e. The van der Waals surface area contributed by atoms with E-state index in [-0.39, 0.29) is 4.87 Å². The molecule has 0 aliphatic carbocycles. The molecule has 0 radical (unpaired) electrons. The lowest BCUT2D eigenvalue weighted by atomic mass is 10.3. The molecule has 1 aromatic heterocycles. The molecule has 3 rings (SSSR count). The van der Waals surface area contributed by atoms with Crippen molar-refractivity contribution in [3.05, 3.63) is 58.2 Å². The Hall–Kier alpha value is -2.07. The van der Waals surface area contributed by atoms with E-state index in [1.54, 1.807) is 0 Å². The number of ether oxygens (including phenoxy) is 1. The van der Waals surface area contributed by atoms with Crippen LogP contribution in [0.15, 0.2) is 53.3 Å². The zero-order chi connectivity index (χ0) is 11.7. The molecule has 3 nitrogen and oxygen atoms in total. The third-order valence-corrected chi connectivity index (χ3v) is 3.22. The standard InChI is InChI=1S/C13H9NO2S/c15-13-14-11-7-6-10(8-12(11)17-13)16-9-4-2-1-3-5-9/h1-8H,(H,14,15). The van der Waals surface area contributed by atoms with E-state index in [9.17, 15) is 4.79 Å².